The predicted octanol–water partition coefficient (Wildman–Crippen LogP) is 2.64. The van der Waals surface area contributed by atoms with E-state index in [9.17, 15) is 18.0 Å². The largest absolute Gasteiger partial charge is 0.467 e. The van der Waals surface area contributed by atoms with E-state index >= 15 is 0 Å². The minimum absolute atomic E-state index is 0.0672. The molecule has 0 unspecified atom stereocenters. The van der Waals surface area contributed by atoms with Crippen molar-refractivity contribution < 1.29 is 22.7 Å². The van der Waals surface area contributed by atoms with Crippen molar-refractivity contribution in [2.75, 3.05) is 37.7 Å². The molecule has 0 bridgehead atoms. The lowest BCUT2D eigenvalue weighted by Gasteiger charge is -2.40. The molecule has 2 aliphatic heterocycles. The van der Waals surface area contributed by atoms with Crippen molar-refractivity contribution in [3.8, 4) is 5.88 Å². The summed E-state index contributed by atoms with van der Waals surface area (Å²) in [7, 11) is 0. The quantitative estimate of drug-likeness (QED) is 0.834. The van der Waals surface area contributed by atoms with Crippen LogP contribution in [0.15, 0.2) is 0 Å². The number of hydrogen-bond acceptors (Lipinski definition) is 6. The van der Waals surface area contributed by atoms with Crippen molar-refractivity contribution in [2.24, 2.45) is 5.73 Å². The first-order chi connectivity index (χ1) is 12.3. The average molecular weight is 392 g/mol. The Labute approximate surface area is 154 Å². The lowest BCUT2D eigenvalue weighted by molar-refractivity contribution is -0.154. The molecule has 10 heteroatoms. The molecule has 146 valence electrons. The van der Waals surface area contributed by atoms with Gasteiger partial charge < -0.3 is 20.3 Å². The van der Waals surface area contributed by atoms with Crippen LogP contribution in [0.3, 0.4) is 0 Å². The molecule has 2 saturated heterocycles. The average Bonchev–Trinajstić information content (AvgIpc) is 3.05. The number of anilines is 1. The number of thiazole rings is 1. The van der Waals surface area contributed by atoms with E-state index in [1.165, 1.54) is 19.3 Å². The van der Waals surface area contributed by atoms with Gasteiger partial charge in [-0.3, -0.25) is 4.79 Å². The van der Waals surface area contributed by atoms with Gasteiger partial charge in [0.15, 0.2) is 16.6 Å². The molecule has 0 spiro atoms. The summed E-state index contributed by atoms with van der Waals surface area (Å²) in [5.41, 5.74) is 5.26. The van der Waals surface area contributed by atoms with Gasteiger partial charge in [0.05, 0.1) is 0 Å². The Kier molecular flexibility index (Phi) is 5.91. The number of rotatable bonds is 5. The maximum atomic E-state index is 12.4. The highest BCUT2D eigenvalue weighted by Crippen LogP contribution is 2.34. The fourth-order valence-electron chi connectivity index (χ4n) is 3.54. The van der Waals surface area contributed by atoms with Gasteiger partial charge in [0.25, 0.3) is 5.91 Å². The fraction of sp³-hybridized carbons (Fsp3) is 0.750. The second kappa shape index (κ2) is 7.99. The molecule has 0 saturated carbocycles. The zero-order chi connectivity index (χ0) is 18.7. The van der Waals surface area contributed by atoms with Gasteiger partial charge in [0.2, 0.25) is 5.88 Å². The van der Waals surface area contributed by atoms with E-state index < -0.39 is 18.7 Å². The summed E-state index contributed by atoms with van der Waals surface area (Å²) in [6.07, 6.45) is 1.24. The van der Waals surface area contributed by atoms with E-state index in [2.05, 4.69) is 14.6 Å². The third-order valence-corrected chi connectivity index (χ3v) is 5.94. The lowest BCUT2D eigenvalue weighted by Crippen LogP contribution is -2.46. The van der Waals surface area contributed by atoms with Crippen LogP contribution in [-0.4, -0.2) is 60.8 Å². The normalized spacial score (nSPS) is 20.3. The summed E-state index contributed by atoms with van der Waals surface area (Å²) in [5, 5.41) is 0.494. The van der Waals surface area contributed by atoms with Crippen molar-refractivity contribution in [3.05, 3.63) is 4.88 Å². The smallest absolute Gasteiger partial charge is 0.422 e. The van der Waals surface area contributed by atoms with Crippen LogP contribution in [0.2, 0.25) is 0 Å². The van der Waals surface area contributed by atoms with E-state index in [1.54, 1.807) is 0 Å². The van der Waals surface area contributed by atoms with E-state index in [4.69, 9.17) is 5.73 Å². The Bertz CT molecular complexity index is 624. The third-order valence-electron chi connectivity index (χ3n) is 4.82. The van der Waals surface area contributed by atoms with Crippen molar-refractivity contribution in [1.29, 1.82) is 0 Å². The number of amides is 1. The zero-order valence-corrected chi connectivity index (χ0v) is 15.2. The maximum absolute atomic E-state index is 12.4. The number of nitrogens with zero attached hydrogens (tertiary/aromatic N) is 3. The molecular weight excluding hydrogens is 369 g/mol. The number of aromatic nitrogens is 1. The first-order valence-electron chi connectivity index (χ1n) is 8.82. The Balaban J connectivity index is 1.63. The number of piperidine rings is 2. The van der Waals surface area contributed by atoms with E-state index in [1.807, 2.05) is 4.90 Å². The number of hydrogen-bond donors (Lipinski definition) is 1. The first kappa shape index (κ1) is 19.2. The van der Waals surface area contributed by atoms with Crippen molar-refractivity contribution in [3.63, 3.8) is 0 Å². The van der Waals surface area contributed by atoms with Gasteiger partial charge in [0.1, 0.15) is 0 Å². The molecular formula is C16H23F3N4O2S. The molecule has 6 nitrogen and oxygen atoms in total. The van der Waals surface area contributed by atoms with Gasteiger partial charge in [0, 0.05) is 19.1 Å². The van der Waals surface area contributed by atoms with E-state index in [0.29, 0.717) is 11.2 Å². The van der Waals surface area contributed by atoms with Gasteiger partial charge in [-0.15, -0.1) is 0 Å². The highest BCUT2D eigenvalue weighted by Gasteiger charge is 2.32. The Morgan fingerprint density at radius 1 is 1.19 bits per heavy atom. The molecule has 2 fully saturated rings. The summed E-state index contributed by atoms with van der Waals surface area (Å²) in [5.74, 6) is -1.15. The summed E-state index contributed by atoms with van der Waals surface area (Å²) in [6, 6.07) is 0.545. The van der Waals surface area contributed by atoms with Gasteiger partial charge in [-0.25, -0.2) is 0 Å². The molecule has 0 aromatic carbocycles. The zero-order valence-electron chi connectivity index (χ0n) is 14.4. The van der Waals surface area contributed by atoms with Crippen molar-refractivity contribution >= 4 is 22.4 Å². The summed E-state index contributed by atoms with van der Waals surface area (Å²) < 4.78 is 41.8. The van der Waals surface area contributed by atoms with Crippen LogP contribution in [0, 0.1) is 0 Å². The maximum Gasteiger partial charge on any atom is 0.422 e. The van der Waals surface area contributed by atoms with Crippen LogP contribution in [0.5, 0.6) is 5.88 Å². The molecule has 0 radical (unpaired) electrons. The summed E-state index contributed by atoms with van der Waals surface area (Å²) >= 11 is 0.996. The molecule has 3 rings (SSSR count). The van der Waals surface area contributed by atoms with Gasteiger partial charge >= 0.3 is 6.18 Å². The van der Waals surface area contributed by atoms with Crippen LogP contribution in [0.1, 0.15) is 41.8 Å². The van der Waals surface area contributed by atoms with E-state index in [0.717, 1.165) is 50.4 Å². The van der Waals surface area contributed by atoms with Crippen LogP contribution in [-0.2, 0) is 0 Å². The van der Waals surface area contributed by atoms with Gasteiger partial charge in [-0.05, 0) is 38.8 Å². The SMILES string of the molecule is NC(=O)c1sc(N2CCC(N3CCCCC3)CC2)nc1OCC(F)(F)F. The number of ether oxygens (including phenoxy) is 1. The van der Waals surface area contributed by atoms with Crippen molar-refractivity contribution in [1.82, 2.24) is 9.88 Å². The summed E-state index contributed by atoms with van der Waals surface area (Å²) in [4.78, 5) is 20.1. The van der Waals surface area contributed by atoms with E-state index in [-0.39, 0.29) is 10.8 Å². The molecule has 1 aromatic rings. The van der Waals surface area contributed by atoms with Crippen LogP contribution in [0.4, 0.5) is 18.3 Å². The topological polar surface area (TPSA) is 71.7 Å². The van der Waals surface area contributed by atoms with Gasteiger partial charge in [-0.1, -0.05) is 17.8 Å². The Morgan fingerprint density at radius 2 is 1.85 bits per heavy atom. The number of nitrogens with two attached hydrogens (primary N) is 1. The summed E-state index contributed by atoms with van der Waals surface area (Å²) in [6.45, 7) is 2.30. The van der Waals surface area contributed by atoms with Crippen LogP contribution in [0.25, 0.3) is 0 Å². The number of carbonyl (C=O) groups excluding carboxylic acids is 1. The first-order valence-corrected chi connectivity index (χ1v) is 9.64. The predicted molar refractivity (Wildman–Crippen MR) is 92.8 cm³/mol. The second-order valence-corrected chi connectivity index (χ2v) is 7.69. The molecule has 1 amide bonds. The third kappa shape index (κ3) is 4.79. The number of halogens is 3. The molecule has 26 heavy (non-hydrogen) atoms. The Morgan fingerprint density at radius 3 is 2.42 bits per heavy atom. The highest BCUT2D eigenvalue weighted by atomic mass is 32.1. The minimum Gasteiger partial charge on any atom is -0.467 e. The molecule has 3 heterocycles. The standard InChI is InChI=1S/C16H23F3N4O2S/c17-16(18,19)10-25-14-12(13(20)24)26-15(21-14)23-8-4-11(5-9-23)22-6-2-1-3-7-22/h11H,1-10H2,(H2,20,24). The number of likely N-dealkylation sites (tertiary alicyclic amines) is 1. The van der Waals surface area contributed by atoms with Crippen LogP contribution >= 0.6 is 11.3 Å². The second-order valence-electron chi connectivity index (χ2n) is 6.71. The molecule has 2 N–H and O–H groups in total. The highest BCUT2D eigenvalue weighted by molar-refractivity contribution is 7.17. The molecule has 0 aliphatic carbocycles. The van der Waals surface area contributed by atoms with Crippen LogP contribution < -0.4 is 15.4 Å². The number of alkyl halides is 3. The minimum atomic E-state index is -4.49. The molecule has 0 atom stereocenters. The molecule has 1 aromatic heterocycles. The van der Waals surface area contributed by atoms with Crippen molar-refractivity contribution in [2.45, 2.75) is 44.3 Å². The number of carbonyl (C=O) groups is 1. The number of primary amides is 1. The monoisotopic (exact) mass is 392 g/mol. The van der Waals surface area contributed by atoms with Gasteiger partial charge in [-0.2, -0.15) is 18.2 Å². The molecule has 2 aliphatic rings. The lowest BCUT2D eigenvalue weighted by atomic mass is 10.0. The Hall–Kier alpha value is -1.55. The fourth-order valence-corrected chi connectivity index (χ4v) is 4.46.